The second-order valence-corrected chi connectivity index (χ2v) is 6.96. The fourth-order valence-electron chi connectivity index (χ4n) is 3.34. The lowest BCUT2D eigenvalue weighted by molar-refractivity contribution is 0.0697. The molecule has 4 rings (SSSR count). The minimum Gasteiger partial charge on any atom is -0.478 e. The smallest absolute Gasteiger partial charge is 0.337 e. The van der Waals surface area contributed by atoms with Crippen molar-refractivity contribution in [2.45, 2.75) is 26.7 Å². The topological polar surface area (TPSA) is 58.6 Å². The van der Waals surface area contributed by atoms with Gasteiger partial charge in [0.2, 0.25) is 0 Å². The number of rotatable bonds is 4. The van der Waals surface area contributed by atoms with Crippen molar-refractivity contribution in [2.24, 2.45) is 0 Å². The monoisotopic (exact) mass is 359 g/mol. The first-order valence-corrected chi connectivity index (χ1v) is 9.01. The van der Waals surface area contributed by atoms with E-state index >= 15 is 0 Å². The quantitative estimate of drug-likeness (QED) is 0.495. The van der Waals surface area contributed by atoms with Gasteiger partial charge in [-0.3, -0.25) is 0 Å². The Balaban J connectivity index is 1.56. The van der Waals surface area contributed by atoms with Crippen molar-refractivity contribution in [3.8, 4) is 11.5 Å². The molecule has 0 saturated carbocycles. The largest absolute Gasteiger partial charge is 0.478 e. The average Bonchev–Trinajstić information content (AvgIpc) is 2.66. The minimum atomic E-state index is -0.975. The number of para-hydroxylation sites is 1. The summed E-state index contributed by atoms with van der Waals surface area (Å²) in [4.78, 5) is 11.5. The summed E-state index contributed by atoms with van der Waals surface area (Å²) in [5.74, 6) is 0.266. The molecule has 4 nitrogen and oxygen atoms in total. The number of nitrogens with one attached hydrogen (secondary N) is 1. The van der Waals surface area contributed by atoms with Crippen LogP contribution in [0.15, 0.2) is 54.6 Å². The lowest BCUT2D eigenvalue weighted by atomic mass is 10.00. The van der Waals surface area contributed by atoms with Gasteiger partial charge in [0.05, 0.1) is 16.9 Å². The van der Waals surface area contributed by atoms with E-state index in [2.05, 4.69) is 43.4 Å². The van der Waals surface area contributed by atoms with E-state index in [0.717, 1.165) is 18.5 Å². The minimum absolute atomic E-state index is 0.207. The molecule has 0 aromatic heterocycles. The number of ether oxygens (including phenoxy) is 1. The molecule has 0 radical (unpaired) electrons. The van der Waals surface area contributed by atoms with Crippen LogP contribution in [0, 0.1) is 13.8 Å². The summed E-state index contributed by atoms with van der Waals surface area (Å²) >= 11 is 0. The number of carboxylic acid groups (broad SMARTS) is 1. The highest BCUT2D eigenvalue weighted by atomic mass is 16.5. The second kappa shape index (κ2) is 6.80. The summed E-state index contributed by atoms with van der Waals surface area (Å²) in [6, 6.07) is 17.7. The Morgan fingerprint density at radius 1 is 0.926 bits per heavy atom. The molecule has 1 heterocycles. The van der Waals surface area contributed by atoms with Crippen molar-refractivity contribution in [3.63, 3.8) is 0 Å². The molecule has 3 aromatic rings. The molecule has 1 aliphatic rings. The molecule has 136 valence electrons. The fraction of sp³-hybridized carbons (Fsp3) is 0.174. The summed E-state index contributed by atoms with van der Waals surface area (Å²) in [5.41, 5.74) is 6.63. The Morgan fingerprint density at radius 3 is 2.41 bits per heavy atom. The summed E-state index contributed by atoms with van der Waals surface area (Å²) in [6.07, 6.45) is 1.86. The Hall–Kier alpha value is -3.27. The highest BCUT2D eigenvalue weighted by molar-refractivity contribution is 5.98. The van der Waals surface area contributed by atoms with Crippen LogP contribution < -0.4 is 10.1 Å². The van der Waals surface area contributed by atoms with E-state index < -0.39 is 5.97 Å². The number of aromatic carboxylic acids is 1. The molecular formula is C23H21NO3. The first-order chi connectivity index (χ1) is 13.0. The van der Waals surface area contributed by atoms with Gasteiger partial charge < -0.3 is 15.2 Å². The zero-order valence-corrected chi connectivity index (χ0v) is 15.4. The van der Waals surface area contributed by atoms with Gasteiger partial charge in [-0.25, -0.2) is 4.79 Å². The molecule has 0 aliphatic carbocycles. The van der Waals surface area contributed by atoms with Gasteiger partial charge in [0, 0.05) is 0 Å². The maximum Gasteiger partial charge on any atom is 0.337 e. The number of hydrogen-bond acceptors (Lipinski definition) is 3. The average molecular weight is 359 g/mol. The summed E-state index contributed by atoms with van der Waals surface area (Å²) in [5, 5.41) is 12.6. The first-order valence-electron chi connectivity index (χ1n) is 9.01. The van der Waals surface area contributed by atoms with E-state index in [1.54, 1.807) is 18.2 Å². The van der Waals surface area contributed by atoms with Gasteiger partial charge >= 0.3 is 5.97 Å². The SMILES string of the molecule is Cc1ccc(CCc2ccc3c(c2)Nc2c(cccc2C(=O)O)O3)cc1C. The Kier molecular flexibility index (Phi) is 4.32. The number of aryl methyl sites for hydroxylation is 4. The number of anilines is 2. The van der Waals surface area contributed by atoms with Crippen LogP contribution in [0.1, 0.15) is 32.6 Å². The number of hydrogen-bond donors (Lipinski definition) is 2. The fourth-order valence-corrected chi connectivity index (χ4v) is 3.34. The first kappa shape index (κ1) is 17.2. The Bertz CT molecular complexity index is 1040. The number of carbonyl (C=O) groups is 1. The Morgan fingerprint density at radius 2 is 1.67 bits per heavy atom. The zero-order chi connectivity index (χ0) is 19.0. The van der Waals surface area contributed by atoms with Gasteiger partial charge in [0.25, 0.3) is 0 Å². The number of fused-ring (bicyclic) bond motifs is 2. The van der Waals surface area contributed by atoms with Crippen molar-refractivity contribution in [2.75, 3.05) is 5.32 Å². The van der Waals surface area contributed by atoms with Crippen LogP contribution in [0.3, 0.4) is 0 Å². The molecule has 0 spiro atoms. The molecule has 0 fully saturated rings. The van der Waals surface area contributed by atoms with Gasteiger partial charge in [-0.05, 0) is 73.2 Å². The highest BCUT2D eigenvalue weighted by Gasteiger charge is 2.22. The van der Waals surface area contributed by atoms with E-state index in [0.29, 0.717) is 17.2 Å². The normalized spacial score (nSPS) is 11.8. The van der Waals surface area contributed by atoms with Crippen molar-refractivity contribution in [1.29, 1.82) is 0 Å². The second-order valence-electron chi connectivity index (χ2n) is 6.96. The van der Waals surface area contributed by atoms with E-state index in [9.17, 15) is 9.90 Å². The molecule has 2 N–H and O–H groups in total. The predicted molar refractivity (Wildman–Crippen MR) is 107 cm³/mol. The van der Waals surface area contributed by atoms with Crippen LogP contribution in [0.5, 0.6) is 11.5 Å². The van der Waals surface area contributed by atoms with Crippen LogP contribution in [-0.4, -0.2) is 11.1 Å². The van der Waals surface area contributed by atoms with Gasteiger partial charge in [-0.15, -0.1) is 0 Å². The van der Waals surface area contributed by atoms with Crippen LogP contribution in [0.4, 0.5) is 11.4 Å². The van der Waals surface area contributed by atoms with Crippen LogP contribution >= 0.6 is 0 Å². The molecule has 3 aromatic carbocycles. The molecule has 1 aliphatic heterocycles. The summed E-state index contributed by atoms with van der Waals surface area (Å²) in [7, 11) is 0. The van der Waals surface area contributed by atoms with Gasteiger partial charge in [-0.2, -0.15) is 0 Å². The van der Waals surface area contributed by atoms with Gasteiger partial charge in [-0.1, -0.05) is 30.3 Å². The third-order valence-corrected chi connectivity index (χ3v) is 5.05. The van der Waals surface area contributed by atoms with Crippen molar-refractivity contribution in [1.82, 2.24) is 0 Å². The summed E-state index contributed by atoms with van der Waals surface area (Å²) in [6.45, 7) is 4.26. The molecule has 0 amide bonds. The maximum atomic E-state index is 11.5. The van der Waals surface area contributed by atoms with Crippen molar-refractivity contribution >= 4 is 17.3 Å². The number of carboxylic acids is 1. The predicted octanol–water partition coefficient (Wildman–Crippen LogP) is 5.64. The standard InChI is InChI=1S/C23H21NO3/c1-14-6-7-16(12-15(14)2)8-9-17-10-11-20-19(13-17)24-22-18(23(25)26)4-3-5-21(22)27-20/h3-7,10-13,24H,8-9H2,1-2H3,(H,25,26). The highest BCUT2D eigenvalue weighted by Crippen LogP contribution is 2.43. The van der Waals surface area contributed by atoms with Gasteiger partial charge in [0.15, 0.2) is 11.5 Å². The lowest BCUT2D eigenvalue weighted by Gasteiger charge is -2.23. The molecule has 4 heteroatoms. The molecular weight excluding hydrogens is 338 g/mol. The molecule has 0 atom stereocenters. The van der Waals surface area contributed by atoms with E-state index in [1.807, 2.05) is 12.1 Å². The summed E-state index contributed by atoms with van der Waals surface area (Å²) < 4.78 is 5.89. The van der Waals surface area contributed by atoms with Crippen LogP contribution in [-0.2, 0) is 12.8 Å². The zero-order valence-electron chi connectivity index (χ0n) is 15.4. The van der Waals surface area contributed by atoms with Crippen molar-refractivity contribution in [3.05, 3.63) is 82.4 Å². The molecule has 0 bridgehead atoms. The molecule has 27 heavy (non-hydrogen) atoms. The third kappa shape index (κ3) is 3.38. The number of benzene rings is 3. The van der Waals surface area contributed by atoms with Gasteiger partial charge in [0.1, 0.15) is 0 Å². The van der Waals surface area contributed by atoms with E-state index in [-0.39, 0.29) is 5.56 Å². The Labute approximate surface area is 158 Å². The third-order valence-electron chi connectivity index (χ3n) is 5.05. The van der Waals surface area contributed by atoms with Crippen molar-refractivity contribution < 1.29 is 14.6 Å². The lowest BCUT2D eigenvalue weighted by Crippen LogP contribution is -2.09. The van der Waals surface area contributed by atoms with Crippen LogP contribution in [0.25, 0.3) is 0 Å². The molecule has 0 saturated heterocycles. The van der Waals surface area contributed by atoms with Crippen LogP contribution in [0.2, 0.25) is 0 Å². The maximum absolute atomic E-state index is 11.5. The van der Waals surface area contributed by atoms with E-state index in [4.69, 9.17) is 4.74 Å². The van der Waals surface area contributed by atoms with E-state index in [1.165, 1.54) is 22.3 Å². The molecule has 0 unspecified atom stereocenters.